The van der Waals surface area contributed by atoms with Crippen LogP contribution in [0.4, 0.5) is 0 Å². The predicted molar refractivity (Wildman–Crippen MR) is 220 cm³/mol. The van der Waals surface area contributed by atoms with E-state index in [0.717, 1.165) is 44.9 Å². The number of allylic oxidation sites excluding steroid dienone is 8. The first-order chi connectivity index (χ1) is 25.8. The van der Waals surface area contributed by atoms with Crippen LogP contribution in [0.5, 0.6) is 0 Å². The molecule has 9 nitrogen and oxygen atoms in total. The van der Waals surface area contributed by atoms with Crippen LogP contribution in [0.2, 0.25) is 0 Å². The average molecular weight is 768 g/mol. The van der Waals surface area contributed by atoms with Crippen molar-refractivity contribution >= 4 is 19.7 Å². The summed E-state index contributed by atoms with van der Waals surface area (Å²) in [6.07, 6.45) is 44.7. The molecule has 0 saturated heterocycles. The molecular weight excluding hydrogens is 689 g/mol. The largest absolute Gasteiger partial charge is 0.472 e. The monoisotopic (exact) mass is 768 g/mol. The van der Waals surface area contributed by atoms with Crippen molar-refractivity contribution in [3.63, 3.8) is 0 Å². The molecule has 0 radical (unpaired) electrons. The molecule has 0 heterocycles. The number of carbonyl (C=O) groups is 2. The first-order valence-electron chi connectivity index (χ1n) is 21.1. The molecule has 2 atom stereocenters. The van der Waals surface area contributed by atoms with E-state index in [0.29, 0.717) is 12.8 Å². The standard InChI is InChI=1S/C43H78NO8P/c1-3-5-7-9-11-13-15-17-19-20-22-23-25-27-29-31-33-35-42(46)44-37-38-51-53(48,49)52-40-41(45)39-50-43(47)36-34-32-30-28-26-24-21-18-16-14-12-10-8-6-4-2/h11,13,17,19,22-23,27,29,41,45H,3-10,12,14-16,18,20-21,24-26,28,30-40H2,1-2H3,(H,44,46)(H,48,49)/b13-11-,19-17-,23-22-,29-27-. The number of rotatable bonds is 39. The Kier molecular flexibility index (Phi) is 38.1. The number of hydrogen-bond acceptors (Lipinski definition) is 7. The Morgan fingerprint density at radius 1 is 0.585 bits per heavy atom. The van der Waals surface area contributed by atoms with Crippen LogP contribution in [-0.4, -0.2) is 54.3 Å². The third-order valence-corrected chi connectivity index (χ3v) is 9.75. The second-order valence-corrected chi connectivity index (χ2v) is 15.4. The van der Waals surface area contributed by atoms with Gasteiger partial charge in [-0.15, -0.1) is 0 Å². The molecule has 10 heteroatoms. The predicted octanol–water partition coefficient (Wildman–Crippen LogP) is 11.5. The molecule has 0 aliphatic carbocycles. The third kappa shape index (κ3) is 41.0. The van der Waals surface area contributed by atoms with Gasteiger partial charge in [-0.2, -0.15) is 0 Å². The zero-order chi connectivity index (χ0) is 38.9. The number of carbonyl (C=O) groups excluding carboxylic acids is 2. The summed E-state index contributed by atoms with van der Waals surface area (Å²) in [5.74, 6) is -0.572. The number of amides is 1. The lowest BCUT2D eigenvalue weighted by Crippen LogP contribution is -2.27. The Balaban J connectivity index is 3.68. The fraction of sp³-hybridized carbons (Fsp3) is 0.767. The van der Waals surface area contributed by atoms with Gasteiger partial charge in [0.1, 0.15) is 12.7 Å². The van der Waals surface area contributed by atoms with E-state index in [9.17, 15) is 24.2 Å². The summed E-state index contributed by atoms with van der Waals surface area (Å²) in [5, 5.41) is 12.6. The summed E-state index contributed by atoms with van der Waals surface area (Å²) in [4.78, 5) is 33.8. The summed E-state index contributed by atoms with van der Waals surface area (Å²) in [5.41, 5.74) is 0. The molecule has 0 aromatic carbocycles. The van der Waals surface area contributed by atoms with Gasteiger partial charge in [-0.05, 0) is 51.4 Å². The number of ether oxygens (including phenoxy) is 1. The van der Waals surface area contributed by atoms with Gasteiger partial charge in [0.2, 0.25) is 5.91 Å². The Hall–Kier alpha value is -2.03. The van der Waals surface area contributed by atoms with Crippen molar-refractivity contribution in [3.05, 3.63) is 48.6 Å². The van der Waals surface area contributed by atoms with Crippen molar-refractivity contribution in [3.8, 4) is 0 Å². The van der Waals surface area contributed by atoms with E-state index in [1.807, 2.05) is 0 Å². The van der Waals surface area contributed by atoms with Crippen LogP contribution < -0.4 is 5.32 Å². The van der Waals surface area contributed by atoms with Crippen LogP contribution in [0.3, 0.4) is 0 Å². The molecule has 0 aliphatic heterocycles. The molecule has 0 rings (SSSR count). The molecule has 0 aromatic heterocycles. The van der Waals surface area contributed by atoms with Gasteiger partial charge < -0.3 is 20.1 Å². The minimum absolute atomic E-state index is 0.0521. The van der Waals surface area contributed by atoms with Gasteiger partial charge in [0.05, 0.1) is 13.2 Å². The normalized spacial score (nSPS) is 13.8. The Labute approximate surface area is 324 Å². The van der Waals surface area contributed by atoms with Crippen LogP contribution in [0.25, 0.3) is 0 Å². The van der Waals surface area contributed by atoms with Crippen molar-refractivity contribution in [2.75, 3.05) is 26.4 Å². The molecular formula is C43H78NO8P. The molecule has 53 heavy (non-hydrogen) atoms. The highest BCUT2D eigenvalue weighted by molar-refractivity contribution is 7.47. The highest BCUT2D eigenvalue weighted by atomic mass is 31.2. The van der Waals surface area contributed by atoms with Crippen LogP contribution >= 0.6 is 7.82 Å². The fourth-order valence-corrected chi connectivity index (χ4v) is 6.31. The molecule has 0 saturated carbocycles. The molecule has 3 N–H and O–H groups in total. The molecule has 0 aromatic rings. The molecule has 308 valence electrons. The van der Waals surface area contributed by atoms with Crippen molar-refractivity contribution in [2.45, 2.75) is 187 Å². The van der Waals surface area contributed by atoms with E-state index in [2.05, 4.69) is 67.8 Å². The lowest BCUT2D eigenvalue weighted by Gasteiger charge is -2.15. The van der Waals surface area contributed by atoms with Gasteiger partial charge in [0.15, 0.2) is 0 Å². The average Bonchev–Trinajstić information content (AvgIpc) is 3.14. The first kappa shape index (κ1) is 51.0. The molecule has 0 fully saturated rings. The van der Waals surface area contributed by atoms with Gasteiger partial charge in [0, 0.05) is 19.4 Å². The van der Waals surface area contributed by atoms with E-state index in [1.54, 1.807) is 0 Å². The van der Waals surface area contributed by atoms with Crippen molar-refractivity contribution in [1.82, 2.24) is 5.32 Å². The highest BCUT2D eigenvalue weighted by Crippen LogP contribution is 2.42. The van der Waals surface area contributed by atoms with Gasteiger partial charge in [-0.25, -0.2) is 4.57 Å². The number of phosphoric acid groups is 1. The zero-order valence-electron chi connectivity index (χ0n) is 33.7. The maximum Gasteiger partial charge on any atom is 0.472 e. The Morgan fingerprint density at radius 2 is 1.04 bits per heavy atom. The van der Waals surface area contributed by atoms with Gasteiger partial charge in [0.25, 0.3) is 0 Å². The SMILES string of the molecule is CCCCC/C=C\C/C=C\C/C=C\C/C=C\CCCC(=O)NCCOP(=O)(O)OCC(O)COC(=O)CCCCCCCCCCCCCCCCC. The number of unbranched alkanes of at least 4 members (excludes halogenated alkanes) is 18. The minimum Gasteiger partial charge on any atom is -0.463 e. The van der Waals surface area contributed by atoms with Crippen molar-refractivity contribution < 1.29 is 37.9 Å². The lowest BCUT2D eigenvalue weighted by atomic mass is 10.0. The summed E-state index contributed by atoms with van der Waals surface area (Å²) >= 11 is 0. The molecule has 0 bridgehead atoms. The first-order valence-corrected chi connectivity index (χ1v) is 22.6. The summed E-state index contributed by atoms with van der Waals surface area (Å²) in [6, 6.07) is 0. The van der Waals surface area contributed by atoms with Crippen LogP contribution in [0.15, 0.2) is 48.6 Å². The number of aliphatic hydroxyl groups excluding tert-OH is 1. The number of hydrogen-bond donors (Lipinski definition) is 3. The third-order valence-electron chi connectivity index (χ3n) is 8.76. The quantitative estimate of drug-likeness (QED) is 0.0244. The highest BCUT2D eigenvalue weighted by Gasteiger charge is 2.23. The van der Waals surface area contributed by atoms with Crippen LogP contribution in [-0.2, 0) is 27.9 Å². The number of phosphoric ester groups is 1. The van der Waals surface area contributed by atoms with E-state index < -0.39 is 26.5 Å². The maximum atomic E-state index is 12.1. The van der Waals surface area contributed by atoms with E-state index in [4.69, 9.17) is 13.8 Å². The molecule has 0 aliphatic rings. The van der Waals surface area contributed by atoms with Crippen molar-refractivity contribution in [1.29, 1.82) is 0 Å². The second-order valence-electron chi connectivity index (χ2n) is 14.0. The number of esters is 1. The van der Waals surface area contributed by atoms with Crippen LogP contribution in [0.1, 0.15) is 181 Å². The maximum absolute atomic E-state index is 12.1. The Morgan fingerprint density at radius 3 is 1.57 bits per heavy atom. The van der Waals surface area contributed by atoms with Crippen LogP contribution in [0, 0.1) is 0 Å². The van der Waals surface area contributed by atoms with E-state index in [-0.39, 0.29) is 32.1 Å². The second kappa shape index (κ2) is 39.7. The number of nitrogens with one attached hydrogen (secondary N) is 1. The van der Waals surface area contributed by atoms with Crippen molar-refractivity contribution in [2.24, 2.45) is 0 Å². The topological polar surface area (TPSA) is 131 Å². The van der Waals surface area contributed by atoms with Gasteiger partial charge in [-0.3, -0.25) is 18.6 Å². The smallest absolute Gasteiger partial charge is 0.463 e. The summed E-state index contributed by atoms with van der Waals surface area (Å²) in [6.45, 7) is 3.46. The fourth-order valence-electron chi connectivity index (χ4n) is 5.55. The van der Waals surface area contributed by atoms with Gasteiger partial charge in [-0.1, -0.05) is 165 Å². The molecule has 1 amide bonds. The zero-order valence-corrected chi connectivity index (χ0v) is 34.6. The summed E-state index contributed by atoms with van der Waals surface area (Å²) < 4.78 is 26.8. The van der Waals surface area contributed by atoms with E-state index in [1.165, 1.54) is 103 Å². The summed E-state index contributed by atoms with van der Waals surface area (Å²) in [7, 11) is -4.43. The van der Waals surface area contributed by atoms with Gasteiger partial charge >= 0.3 is 13.8 Å². The minimum atomic E-state index is -4.43. The Bertz CT molecular complexity index is 1010. The lowest BCUT2D eigenvalue weighted by molar-refractivity contribution is -0.147. The molecule has 0 spiro atoms. The number of aliphatic hydroxyl groups is 1. The molecule has 2 unspecified atom stereocenters. The van der Waals surface area contributed by atoms with E-state index >= 15 is 0 Å².